The Balaban J connectivity index is 2.00. The average Bonchev–Trinajstić information content (AvgIpc) is 2.85. The lowest BCUT2D eigenvalue weighted by molar-refractivity contribution is 0.673. The van der Waals surface area contributed by atoms with Gasteiger partial charge in [-0.15, -0.1) is 0 Å². The van der Waals surface area contributed by atoms with E-state index in [1.807, 2.05) is 0 Å². The maximum atomic E-state index is 4.11. The molecular weight excluding hydrogens is 244 g/mol. The third-order valence-electron chi connectivity index (χ3n) is 2.66. The third kappa shape index (κ3) is 3.58. The Hall–Kier alpha value is -1.33. The van der Waals surface area contributed by atoms with Crippen LogP contribution in [0.25, 0.3) is 0 Å². The van der Waals surface area contributed by atoms with E-state index in [-0.39, 0.29) is 0 Å². The second kappa shape index (κ2) is 6.56. The normalized spacial score (nSPS) is 10.8. The topological polar surface area (TPSA) is 53.6 Å². The lowest BCUT2D eigenvalue weighted by atomic mass is 10.1. The molecule has 0 unspecified atom stereocenters. The summed E-state index contributed by atoms with van der Waals surface area (Å²) in [5.74, 6) is 0. The summed E-state index contributed by atoms with van der Waals surface area (Å²) in [6.07, 6.45) is 2.69. The van der Waals surface area contributed by atoms with Gasteiger partial charge in [0.25, 0.3) is 0 Å². The number of aromatic nitrogens is 3. The molecule has 0 fully saturated rings. The second-order valence-corrected chi connectivity index (χ2v) is 5.22. The zero-order chi connectivity index (χ0) is 12.8. The van der Waals surface area contributed by atoms with Crippen LogP contribution in [0.15, 0.2) is 34.6 Å². The van der Waals surface area contributed by atoms with Crippen molar-refractivity contribution in [1.82, 2.24) is 20.5 Å². The quantitative estimate of drug-likeness (QED) is 0.786. The Bertz CT molecular complexity index is 482. The molecule has 2 rings (SSSR count). The van der Waals surface area contributed by atoms with E-state index in [9.17, 15) is 0 Å². The van der Waals surface area contributed by atoms with E-state index in [4.69, 9.17) is 0 Å². The van der Waals surface area contributed by atoms with Crippen molar-refractivity contribution in [3.63, 3.8) is 0 Å². The van der Waals surface area contributed by atoms with Gasteiger partial charge in [-0.3, -0.25) is 5.10 Å². The van der Waals surface area contributed by atoms with E-state index in [0.29, 0.717) is 0 Å². The molecule has 0 saturated heterocycles. The molecule has 0 bridgehead atoms. The fraction of sp³-hybridized carbons (Fsp3) is 0.385. The first kappa shape index (κ1) is 13.1. The number of hydrogen-bond donors (Lipinski definition) is 2. The first-order valence-corrected chi connectivity index (χ1v) is 6.94. The Labute approximate surface area is 112 Å². The van der Waals surface area contributed by atoms with E-state index in [1.165, 1.54) is 28.8 Å². The smallest absolute Gasteiger partial charge is 0.188 e. The SMILES string of the molecule is CCCNCc1ccc(Sc2ncn[nH]2)cc1C. The molecule has 2 N–H and O–H groups in total. The maximum absolute atomic E-state index is 4.11. The van der Waals surface area contributed by atoms with Gasteiger partial charge in [-0.05, 0) is 43.1 Å². The second-order valence-electron chi connectivity index (χ2n) is 4.16. The van der Waals surface area contributed by atoms with E-state index in [1.54, 1.807) is 11.8 Å². The van der Waals surface area contributed by atoms with E-state index in [0.717, 1.165) is 18.2 Å². The third-order valence-corrected chi connectivity index (χ3v) is 3.54. The van der Waals surface area contributed by atoms with Crippen LogP contribution in [0.2, 0.25) is 0 Å². The van der Waals surface area contributed by atoms with Crippen LogP contribution in [-0.2, 0) is 6.54 Å². The Kier molecular flexibility index (Phi) is 4.78. The van der Waals surface area contributed by atoms with Crippen molar-refractivity contribution >= 4 is 11.8 Å². The van der Waals surface area contributed by atoms with Crippen molar-refractivity contribution in [2.24, 2.45) is 0 Å². The zero-order valence-electron chi connectivity index (χ0n) is 10.7. The van der Waals surface area contributed by atoms with E-state index in [2.05, 4.69) is 52.5 Å². The molecule has 1 aromatic heterocycles. The summed E-state index contributed by atoms with van der Waals surface area (Å²) < 4.78 is 0. The van der Waals surface area contributed by atoms with Crippen molar-refractivity contribution in [2.45, 2.75) is 36.9 Å². The maximum Gasteiger partial charge on any atom is 0.188 e. The van der Waals surface area contributed by atoms with Crippen molar-refractivity contribution in [3.05, 3.63) is 35.7 Å². The zero-order valence-corrected chi connectivity index (χ0v) is 11.5. The highest BCUT2D eigenvalue weighted by Crippen LogP contribution is 2.25. The molecule has 0 aliphatic carbocycles. The van der Waals surface area contributed by atoms with Crippen LogP contribution < -0.4 is 5.32 Å². The highest BCUT2D eigenvalue weighted by Gasteiger charge is 2.03. The Morgan fingerprint density at radius 2 is 2.28 bits per heavy atom. The number of benzene rings is 1. The molecule has 0 aliphatic heterocycles. The van der Waals surface area contributed by atoms with Gasteiger partial charge in [0.2, 0.25) is 0 Å². The first-order valence-electron chi connectivity index (χ1n) is 6.13. The van der Waals surface area contributed by atoms with Crippen molar-refractivity contribution in [2.75, 3.05) is 6.54 Å². The van der Waals surface area contributed by atoms with Crippen LogP contribution in [0.4, 0.5) is 0 Å². The Morgan fingerprint density at radius 3 is 2.94 bits per heavy atom. The molecule has 4 nitrogen and oxygen atoms in total. The average molecular weight is 262 g/mol. The van der Waals surface area contributed by atoms with Crippen molar-refractivity contribution in [1.29, 1.82) is 0 Å². The van der Waals surface area contributed by atoms with E-state index >= 15 is 0 Å². The monoisotopic (exact) mass is 262 g/mol. The van der Waals surface area contributed by atoms with Gasteiger partial charge >= 0.3 is 0 Å². The molecule has 2 aromatic rings. The molecule has 1 aromatic carbocycles. The van der Waals surface area contributed by atoms with Crippen LogP contribution in [0, 0.1) is 6.92 Å². The van der Waals surface area contributed by atoms with Gasteiger partial charge in [-0.1, -0.05) is 24.8 Å². The van der Waals surface area contributed by atoms with Gasteiger partial charge in [0.1, 0.15) is 6.33 Å². The highest BCUT2D eigenvalue weighted by molar-refractivity contribution is 7.99. The molecule has 0 amide bonds. The van der Waals surface area contributed by atoms with Gasteiger partial charge in [-0.2, -0.15) is 5.10 Å². The summed E-state index contributed by atoms with van der Waals surface area (Å²) in [5.41, 5.74) is 2.66. The molecule has 0 spiro atoms. The number of aromatic amines is 1. The largest absolute Gasteiger partial charge is 0.313 e. The molecule has 0 saturated carbocycles. The summed E-state index contributed by atoms with van der Waals surface area (Å²) in [6.45, 7) is 6.32. The molecule has 0 atom stereocenters. The number of hydrogen-bond acceptors (Lipinski definition) is 4. The van der Waals surface area contributed by atoms with Crippen LogP contribution in [0.3, 0.4) is 0 Å². The van der Waals surface area contributed by atoms with Crippen LogP contribution in [0.1, 0.15) is 24.5 Å². The van der Waals surface area contributed by atoms with Crippen LogP contribution in [-0.4, -0.2) is 21.7 Å². The molecule has 5 heteroatoms. The van der Waals surface area contributed by atoms with Gasteiger partial charge in [0.15, 0.2) is 5.16 Å². The Morgan fingerprint density at radius 1 is 1.39 bits per heavy atom. The predicted octanol–water partition coefficient (Wildman–Crippen LogP) is 2.76. The summed E-state index contributed by atoms with van der Waals surface area (Å²) in [4.78, 5) is 5.29. The highest BCUT2D eigenvalue weighted by atomic mass is 32.2. The minimum Gasteiger partial charge on any atom is -0.313 e. The fourth-order valence-electron chi connectivity index (χ4n) is 1.69. The molecule has 96 valence electrons. The standard InChI is InChI=1S/C13H18N4S/c1-3-6-14-8-11-4-5-12(7-10(11)2)18-13-15-9-16-17-13/h4-5,7,9,14H,3,6,8H2,1-2H3,(H,15,16,17). The fourth-order valence-corrected chi connectivity index (χ4v) is 2.48. The van der Waals surface area contributed by atoms with Gasteiger partial charge in [0.05, 0.1) is 0 Å². The van der Waals surface area contributed by atoms with Crippen molar-refractivity contribution in [3.8, 4) is 0 Å². The first-order chi connectivity index (χ1) is 8.79. The predicted molar refractivity (Wildman–Crippen MR) is 73.7 cm³/mol. The summed E-state index contributed by atoms with van der Waals surface area (Å²) in [7, 11) is 0. The molecule has 1 heterocycles. The van der Waals surface area contributed by atoms with Gasteiger partial charge in [-0.25, -0.2) is 4.98 Å². The summed E-state index contributed by atoms with van der Waals surface area (Å²) in [6, 6.07) is 6.50. The van der Waals surface area contributed by atoms with E-state index < -0.39 is 0 Å². The van der Waals surface area contributed by atoms with Crippen LogP contribution in [0.5, 0.6) is 0 Å². The molecular formula is C13H18N4S. The minimum atomic E-state index is 0.825. The number of nitrogens with zero attached hydrogens (tertiary/aromatic N) is 2. The van der Waals surface area contributed by atoms with Gasteiger partial charge < -0.3 is 5.32 Å². The molecule has 0 radical (unpaired) electrons. The number of rotatable bonds is 6. The number of aryl methyl sites for hydroxylation is 1. The number of nitrogens with one attached hydrogen (secondary N) is 2. The van der Waals surface area contributed by atoms with Crippen LogP contribution >= 0.6 is 11.8 Å². The van der Waals surface area contributed by atoms with Crippen molar-refractivity contribution < 1.29 is 0 Å². The summed E-state index contributed by atoms with van der Waals surface area (Å²) in [5, 5.41) is 10.9. The molecule has 18 heavy (non-hydrogen) atoms. The number of H-pyrrole nitrogens is 1. The lowest BCUT2D eigenvalue weighted by Gasteiger charge is -2.08. The van der Waals surface area contributed by atoms with Gasteiger partial charge in [0, 0.05) is 11.4 Å². The summed E-state index contributed by atoms with van der Waals surface area (Å²) >= 11 is 1.60. The molecule has 0 aliphatic rings. The lowest BCUT2D eigenvalue weighted by Crippen LogP contribution is -2.14. The minimum absolute atomic E-state index is 0.825.